The highest BCUT2D eigenvalue weighted by molar-refractivity contribution is 5.23. The maximum Gasteiger partial charge on any atom is 0.0704 e. The molecule has 7 heterocycles. The SMILES string of the molecule is CC12CC3(C)CC(C)(C1)C1N(CCc4ccccn4)C2N(CCc2ccccn2)C3N1CCc1ccccn1. The Morgan fingerprint density at radius 3 is 1.10 bits per heavy atom. The molecule has 0 N–H and O–H groups in total. The molecule has 0 amide bonds. The minimum Gasteiger partial charge on any atom is -0.271 e. The van der Waals surface area contributed by atoms with Crippen molar-refractivity contribution in [2.75, 3.05) is 19.6 Å². The summed E-state index contributed by atoms with van der Waals surface area (Å²) >= 11 is 0. The predicted molar refractivity (Wildman–Crippen MR) is 153 cm³/mol. The molecule has 1 saturated carbocycles. The molecule has 0 atom stereocenters. The molecule has 8 rings (SSSR count). The van der Waals surface area contributed by atoms with Crippen molar-refractivity contribution < 1.29 is 0 Å². The average Bonchev–Trinajstić information content (AvgIpc) is 2.93. The van der Waals surface area contributed by atoms with E-state index in [0.717, 1.165) is 38.9 Å². The van der Waals surface area contributed by atoms with Crippen LogP contribution in [0, 0.1) is 16.2 Å². The van der Waals surface area contributed by atoms with Gasteiger partial charge in [0.05, 0.1) is 18.5 Å². The van der Waals surface area contributed by atoms with E-state index in [1.807, 2.05) is 36.8 Å². The lowest BCUT2D eigenvalue weighted by atomic mass is 9.44. The highest BCUT2D eigenvalue weighted by Gasteiger charge is 2.74. The van der Waals surface area contributed by atoms with E-state index >= 15 is 0 Å². The number of aromatic nitrogens is 3. The third kappa shape index (κ3) is 4.23. The Labute approximate surface area is 233 Å². The van der Waals surface area contributed by atoms with E-state index in [1.54, 1.807) is 0 Å². The van der Waals surface area contributed by atoms with Crippen LogP contribution >= 0.6 is 0 Å². The summed E-state index contributed by atoms with van der Waals surface area (Å²) < 4.78 is 0. The van der Waals surface area contributed by atoms with Gasteiger partial charge in [-0.15, -0.1) is 0 Å². The molecule has 204 valence electrons. The lowest BCUT2D eigenvalue weighted by Crippen LogP contribution is -2.89. The van der Waals surface area contributed by atoms with Gasteiger partial charge >= 0.3 is 0 Å². The van der Waals surface area contributed by atoms with Crippen molar-refractivity contribution in [3.8, 4) is 0 Å². The van der Waals surface area contributed by atoms with Gasteiger partial charge in [-0.25, -0.2) is 0 Å². The van der Waals surface area contributed by atoms with E-state index in [0.29, 0.717) is 18.5 Å². The van der Waals surface area contributed by atoms with Crippen molar-refractivity contribution in [1.29, 1.82) is 0 Å². The van der Waals surface area contributed by atoms with Gasteiger partial charge in [0.15, 0.2) is 0 Å². The van der Waals surface area contributed by atoms with Gasteiger partial charge in [0.25, 0.3) is 0 Å². The van der Waals surface area contributed by atoms with Gasteiger partial charge in [0, 0.05) is 74.6 Å². The van der Waals surface area contributed by atoms with Crippen LogP contribution in [0.2, 0.25) is 0 Å². The maximum absolute atomic E-state index is 4.70. The second kappa shape index (κ2) is 9.46. The summed E-state index contributed by atoms with van der Waals surface area (Å²) in [5.41, 5.74) is 4.45. The Hall–Kier alpha value is -2.67. The number of pyridine rings is 3. The predicted octanol–water partition coefficient (Wildman–Crippen LogP) is 5.03. The highest BCUT2D eigenvalue weighted by Crippen LogP contribution is 2.71. The second-order valence-electron chi connectivity index (χ2n) is 13.5. The van der Waals surface area contributed by atoms with Gasteiger partial charge in [-0.1, -0.05) is 39.0 Å². The zero-order valence-electron chi connectivity index (χ0n) is 23.7. The van der Waals surface area contributed by atoms with Crippen molar-refractivity contribution in [1.82, 2.24) is 29.7 Å². The molecule has 5 fully saturated rings. The molecule has 0 spiro atoms. The van der Waals surface area contributed by atoms with Crippen molar-refractivity contribution >= 4 is 0 Å². The van der Waals surface area contributed by atoms with Crippen molar-refractivity contribution in [2.45, 2.75) is 77.8 Å². The van der Waals surface area contributed by atoms with Crippen LogP contribution in [0.3, 0.4) is 0 Å². The normalized spacial score (nSPS) is 35.6. The van der Waals surface area contributed by atoms with Gasteiger partial charge in [0.2, 0.25) is 0 Å². The minimum absolute atomic E-state index is 0.288. The summed E-state index contributed by atoms with van der Waals surface area (Å²) in [6.45, 7) is 10.9. The maximum atomic E-state index is 4.70. The molecular formula is C33H42N6. The summed E-state index contributed by atoms with van der Waals surface area (Å²) in [6, 6.07) is 19.0. The van der Waals surface area contributed by atoms with Gasteiger partial charge in [-0.2, -0.15) is 0 Å². The van der Waals surface area contributed by atoms with Crippen LogP contribution in [-0.4, -0.2) is 67.8 Å². The molecular weight excluding hydrogens is 480 g/mol. The fourth-order valence-electron chi connectivity index (χ4n) is 9.98. The smallest absolute Gasteiger partial charge is 0.0704 e. The number of rotatable bonds is 9. The van der Waals surface area contributed by atoms with Crippen molar-refractivity contribution in [2.24, 2.45) is 16.2 Å². The molecule has 5 aliphatic rings. The number of piperidine rings is 3. The van der Waals surface area contributed by atoms with Crippen LogP contribution in [0.1, 0.15) is 57.1 Å². The van der Waals surface area contributed by atoms with E-state index in [9.17, 15) is 0 Å². The summed E-state index contributed by atoms with van der Waals surface area (Å²) in [7, 11) is 0. The molecule has 3 aromatic rings. The topological polar surface area (TPSA) is 48.4 Å². The second-order valence-corrected chi connectivity index (χ2v) is 13.5. The van der Waals surface area contributed by atoms with E-state index < -0.39 is 0 Å². The first kappa shape index (κ1) is 25.3. The largest absolute Gasteiger partial charge is 0.271 e. The fraction of sp³-hybridized carbons (Fsp3) is 0.545. The quantitative estimate of drug-likeness (QED) is 0.393. The molecule has 6 nitrogen and oxygen atoms in total. The Morgan fingerprint density at radius 1 is 0.538 bits per heavy atom. The lowest BCUT2D eigenvalue weighted by Gasteiger charge is -2.81. The van der Waals surface area contributed by atoms with Gasteiger partial charge in [0.1, 0.15) is 0 Å². The van der Waals surface area contributed by atoms with Crippen LogP contribution in [0.25, 0.3) is 0 Å². The molecule has 1 aliphatic carbocycles. The van der Waals surface area contributed by atoms with E-state index in [-0.39, 0.29) is 16.2 Å². The third-order valence-corrected chi connectivity index (χ3v) is 10.2. The van der Waals surface area contributed by atoms with Crippen LogP contribution < -0.4 is 0 Å². The van der Waals surface area contributed by atoms with Crippen molar-refractivity contribution in [3.63, 3.8) is 0 Å². The standard InChI is InChI=1S/C33H42N6/c1-31-22-32(2)24-33(3,23-31)30-38(20-14-26-11-5-8-17-35-26)28(31)37(19-13-25-10-4-7-16-34-25)29(32)39(30)21-15-27-12-6-9-18-36-27/h4-12,16-18,28-30H,13-15,19-24H2,1-3H3. The molecule has 39 heavy (non-hydrogen) atoms. The monoisotopic (exact) mass is 522 g/mol. The zero-order valence-corrected chi connectivity index (χ0v) is 23.7. The Kier molecular flexibility index (Phi) is 6.14. The Morgan fingerprint density at radius 2 is 0.846 bits per heavy atom. The van der Waals surface area contributed by atoms with Crippen LogP contribution in [0.15, 0.2) is 73.2 Å². The first-order valence-electron chi connectivity index (χ1n) is 14.9. The summed E-state index contributed by atoms with van der Waals surface area (Å²) in [5.74, 6) is 0. The average molecular weight is 523 g/mol. The molecule has 3 aromatic heterocycles. The zero-order chi connectivity index (χ0) is 26.7. The van der Waals surface area contributed by atoms with Crippen molar-refractivity contribution in [3.05, 3.63) is 90.3 Å². The lowest BCUT2D eigenvalue weighted by molar-refractivity contribution is -0.371. The summed E-state index contributed by atoms with van der Waals surface area (Å²) in [6.07, 6.45) is 14.0. The van der Waals surface area contributed by atoms with E-state index in [4.69, 9.17) is 15.0 Å². The third-order valence-electron chi connectivity index (χ3n) is 10.2. The minimum atomic E-state index is 0.288. The summed E-state index contributed by atoms with van der Waals surface area (Å²) in [5, 5.41) is 0. The van der Waals surface area contributed by atoms with E-state index in [1.165, 1.54) is 36.3 Å². The molecule has 4 aliphatic heterocycles. The summed E-state index contributed by atoms with van der Waals surface area (Å²) in [4.78, 5) is 22.8. The fourth-order valence-corrected chi connectivity index (χ4v) is 9.98. The number of hydrogen-bond donors (Lipinski definition) is 0. The number of hydrogen-bond acceptors (Lipinski definition) is 6. The van der Waals surface area contributed by atoms with Gasteiger partial charge in [-0.3, -0.25) is 29.7 Å². The Balaban J connectivity index is 1.27. The highest BCUT2D eigenvalue weighted by atomic mass is 15.6. The number of nitrogens with zero attached hydrogens (tertiary/aromatic N) is 6. The van der Waals surface area contributed by atoms with Crippen LogP contribution in [-0.2, 0) is 19.3 Å². The first-order valence-corrected chi connectivity index (χ1v) is 14.9. The first-order chi connectivity index (χ1) is 18.9. The molecule has 6 bridgehead atoms. The van der Waals surface area contributed by atoms with Gasteiger partial charge < -0.3 is 0 Å². The molecule has 6 heteroatoms. The molecule has 0 radical (unpaired) electrons. The van der Waals surface area contributed by atoms with Crippen LogP contribution in [0.5, 0.6) is 0 Å². The molecule has 0 unspecified atom stereocenters. The molecule has 0 aromatic carbocycles. The van der Waals surface area contributed by atoms with E-state index in [2.05, 4.69) is 71.9 Å². The Bertz CT molecular complexity index is 1100. The molecule has 4 saturated heterocycles. The van der Waals surface area contributed by atoms with Gasteiger partial charge in [-0.05, 0) is 71.9 Å². The van der Waals surface area contributed by atoms with Crippen LogP contribution in [0.4, 0.5) is 0 Å².